The number of hydrogen-bond donors (Lipinski definition) is 1. The minimum atomic E-state index is -0.436. The highest BCUT2D eigenvalue weighted by Crippen LogP contribution is 2.46. The number of amides is 1. The van der Waals surface area contributed by atoms with E-state index < -0.39 is 11.9 Å². The molecule has 124 valence electrons. The van der Waals surface area contributed by atoms with Crippen LogP contribution < -0.4 is 5.32 Å². The van der Waals surface area contributed by atoms with E-state index in [2.05, 4.69) is 5.32 Å². The van der Waals surface area contributed by atoms with Crippen molar-refractivity contribution in [3.63, 3.8) is 0 Å². The van der Waals surface area contributed by atoms with Crippen LogP contribution in [0.15, 0.2) is 5.38 Å². The second-order valence-electron chi connectivity index (χ2n) is 5.82. The topological polar surface area (TPSA) is 81.7 Å². The van der Waals surface area contributed by atoms with Crippen molar-refractivity contribution < 1.29 is 23.9 Å². The SMILES string of the molecule is CCOC(=O)c1c(C2CC2)csc1NC(=O)COC(=O)C1CC1. The van der Waals surface area contributed by atoms with Gasteiger partial charge >= 0.3 is 11.9 Å². The lowest BCUT2D eigenvalue weighted by molar-refractivity contribution is -0.148. The summed E-state index contributed by atoms with van der Waals surface area (Å²) in [4.78, 5) is 35.6. The Balaban J connectivity index is 1.65. The molecule has 1 heterocycles. The lowest BCUT2D eigenvalue weighted by atomic mass is 10.1. The maximum absolute atomic E-state index is 12.2. The lowest BCUT2D eigenvalue weighted by Crippen LogP contribution is -2.22. The van der Waals surface area contributed by atoms with E-state index in [0.29, 0.717) is 16.5 Å². The molecule has 1 N–H and O–H groups in total. The van der Waals surface area contributed by atoms with E-state index in [1.807, 2.05) is 5.38 Å². The average molecular weight is 337 g/mol. The molecule has 0 spiro atoms. The Hall–Kier alpha value is -1.89. The van der Waals surface area contributed by atoms with Gasteiger partial charge < -0.3 is 14.8 Å². The quantitative estimate of drug-likeness (QED) is 0.774. The maximum atomic E-state index is 12.2. The molecule has 2 aliphatic rings. The number of nitrogens with one attached hydrogen (secondary N) is 1. The molecule has 1 aromatic heterocycles. The van der Waals surface area contributed by atoms with E-state index in [-0.39, 0.29) is 25.1 Å². The molecule has 6 nitrogen and oxygen atoms in total. The van der Waals surface area contributed by atoms with Crippen molar-refractivity contribution in [1.82, 2.24) is 0 Å². The molecular weight excluding hydrogens is 318 g/mol. The summed E-state index contributed by atoms with van der Waals surface area (Å²) >= 11 is 1.31. The number of thiophene rings is 1. The Morgan fingerprint density at radius 1 is 1.22 bits per heavy atom. The predicted molar refractivity (Wildman–Crippen MR) is 84.6 cm³/mol. The summed E-state index contributed by atoms with van der Waals surface area (Å²) in [6, 6.07) is 0. The maximum Gasteiger partial charge on any atom is 0.341 e. The van der Waals surface area contributed by atoms with Crippen LogP contribution in [0.2, 0.25) is 0 Å². The van der Waals surface area contributed by atoms with Crippen LogP contribution in [-0.2, 0) is 19.1 Å². The lowest BCUT2D eigenvalue weighted by Gasteiger charge is -2.08. The second-order valence-corrected chi connectivity index (χ2v) is 6.70. The third-order valence-corrected chi connectivity index (χ3v) is 4.74. The summed E-state index contributed by atoms with van der Waals surface area (Å²) < 4.78 is 10.0. The normalized spacial score (nSPS) is 16.7. The van der Waals surface area contributed by atoms with Gasteiger partial charge in [-0.2, -0.15) is 0 Å². The van der Waals surface area contributed by atoms with E-state index in [0.717, 1.165) is 31.2 Å². The number of ether oxygens (including phenoxy) is 2. The molecule has 23 heavy (non-hydrogen) atoms. The van der Waals surface area contributed by atoms with Gasteiger partial charge in [-0.3, -0.25) is 9.59 Å². The van der Waals surface area contributed by atoms with Gasteiger partial charge in [0.15, 0.2) is 6.61 Å². The fourth-order valence-corrected chi connectivity index (χ4v) is 3.36. The molecule has 0 unspecified atom stereocenters. The van der Waals surface area contributed by atoms with E-state index in [4.69, 9.17) is 9.47 Å². The molecule has 0 radical (unpaired) electrons. The molecule has 0 aromatic carbocycles. The number of hydrogen-bond acceptors (Lipinski definition) is 6. The monoisotopic (exact) mass is 337 g/mol. The highest BCUT2D eigenvalue weighted by molar-refractivity contribution is 7.15. The van der Waals surface area contributed by atoms with Gasteiger partial charge in [-0.15, -0.1) is 11.3 Å². The van der Waals surface area contributed by atoms with Crippen LogP contribution >= 0.6 is 11.3 Å². The van der Waals surface area contributed by atoms with E-state index in [1.54, 1.807) is 6.92 Å². The number of carbonyl (C=O) groups is 3. The first kappa shape index (κ1) is 16.0. The molecule has 0 aliphatic heterocycles. The molecule has 0 bridgehead atoms. The molecule has 2 fully saturated rings. The zero-order valence-electron chi connectivity index (χ0n) is 12.9. The van der Waals surface area contributed by atoms with E-state index in [1.165, 1.54) is 11.3 Å². The van der Waals surface area contributed by atoms with Crippen LogP contribution in [-0.4, -0.2) is 31.1 Å². The largest absolute Gasteiger partial charge is 0.462 e. The minimum absolute atomic E-state index is 0.0406. The molecule has 3 rings (SSSR count). The van der Waals surface area contributed by atoms with Crippen LogP contribution in [0.1, 0.15) is 54.4 Å². The summed E-state index contributed by atoms with van der Waals surface area (Å²) in [5.41, 5.74) is 1.39. The third kappa shape index (κ3) is 3.90. The van der Waals surface area contributed by atoms with Gasteiger partial charge in [0.1, 0.15) is 5.00 Å². The summed E-state index contributed by atoms with van der Waals surface area (Å²) in [5.74, 6) is -0.838. The Morgan fingerprint density at radius 2 is 1.96 bits per heavy atom. The Kier molecular flexibility index (Phi) is 4.66. The van der Waals surface area contributed by atoms with Gasteiger partial charge in [-0.05, 0) is 49.5 Å². The van der Waals surface area contributed by atoms with Crippen molar-refractivity contribution in [1.29, 1.82) is 0 Å². The first-order valence-electron chi connectivity index (χ1n) is 7.85. The molecule has 0 atom stereocenters. The van der Waals surface area contributed by atoms with Crippen LogP contribution in [0.5, 0.6) is 0 Å². The first-order chi connectivity index (χ1) is 11.1. The fourth-order valence-electron chi connectivity index (χ4n) is 2.31. The summed E-state index contributed by atoms with van der Waals surface area (Å²) in [6.07, 6.45) is 3.78. The molecule has 7 heteroatoms. The van der Waals surface area contributed by atoms with Gasteiger partial charge in [0, 0.05) is 0 Å². The highest BCUT2D eigenvalue weighted by Gasteiger charge is 2.33. The Morgan fingerprint density at radius 3 is 2.57 bits per heavy atom. The number of carbonyl (C=O) groups excluding carboxylic acids is 3. The van der Waals surface area contributed by atoms with Gasteiger partial charge in [-0.1, -0.05) is 0 Å². The van der Waals surface area contributed by atoms with Gasteiger partial charge in [-0.25, -0.2) is 4.79 Å². The highest BCUT2D eigenvalue weighted by atomic mass is 32.1. The third-order valence-electron chi connectivity index (χ3n) is 3.83. The molecule has 1 amide bonds. The van der Waals surface area contributed by atoms with E-state index in [9.17, 15) is 14.4 Å². The van der Waals surface area contributed by atoms with Crippen LogP contribution in [0, 0.1) is 5.92 Å². The fraction of sp³-hybridized carbons (Fsp3) is 0.562. The van der Waals surface area contributed by atoms with Crippen LogP contribution in [0.25, 0.3) is 0 Å². The average Bonchev–Trinajstić information content (AvgIpc) is 3.42. The molecule has 0 saturated heterocycles. The predicted octanol–water partition coefficient (Wildman–Crippen LogP) is 2.69. The van der Waals surface area contributed by atoms with Crippen molar-refractivity contribution in [2.75, 3.05) is 18.5 Å². The minimum Gasteiger partial charge on any atom is -0.462 e. The van der Waals surface area contributed by atoms with Crippen LogP contribution in [0.3, 0.4) is 0 Å². The number of esters is 2. The van der Waals surface area contributed by atoms with E-state index >= 15 is 0 Å². The Bertz CT molecular complexity index is 630. The summed E-state index contributed by atoms with van der Waals surface area (Å²) in [7, 11) is 0. The summed E-state index contributed by atoms with van der Waals surface area (Å²) in [6.45, 7) is 1.70. The zero-order valence-corrected chi connectivity index (χ0v) is 13.7. The standard InChI is InChI=1S/C16H19NO5S/c1-2-21-16(20)13-11(9-3-4-9)8-23-14(13)17-12(18)7-22-15(19)10-5-6-10/h8-10H,2-7H2,1H3,(H,17,18). The molecule has 1 aromatic rings. The molecule has 2 aliphatic carbocycles. The smallest absolute Gasteiger partial charge is 0.341 e. The molecular formula is C16H19NO5S. The van der Waals surface area contributed by atoms with Crippen LogP contribution in [0.4, 0.5) is 5.00 Å². The first-order valence-corrected chi connectivity index (χ1v) is 8.73. The van der Waals surface area contributed by atoms with Gasteiger partial charge in [0.05, 0.1) is 18.1 Å². The summed E-state index contributed by atoms with van der Waals surface area (Å²) in [5, 5.41) is 5.04. The second kappa shape index (κ2) is 6.70. The number of anilines is 1. The van der Waals surface area contributed by atoms with Crippen molar-refractivity contribution in [2.24, 2.45) is 5.92 Å². The van der Waals surface area contributed by atoms with Gasteiger partial charge in [0.25, 0.3) is 5.91 Å². The Labute approximate surface area is 138 Å². The van der Waals surface area contributed by atoms with Crippen molar-refractivity contribution in [2.45, 2.75) is 38.5 Å². The van der Waals surface area contributed by atoms with Gasteiger partial charge in [0.2, 0.25) is 0 Å². The van der Waals surface area contributed by atoms with Crippen molar-refractivity contribution >= 4 is 34.2 Å². The zero-order chi connectivity index (χ0) is 16.4. The van der Waals surface area contributed by atoms with Crippen molar-refractivity contribution in [3.8, 4) is 0 Å². The number of rotatable bonds is 7. The molecule has 2 saturated carbocycles. The van der Waals surface area contributed by atoms with Crippen molar-refractivity contribution in [3.05, 3.63) is 16.5 Å².